The zero-order valence-electron chi connectivity index (χ0n) is 8.27. The maximum Gasteiger partial charge on any atom is 0.233 e. The highest BCUT2D eigenvalue weighted by atomic mass is 79.9. The van der Waals surface area contributed by atoms with Crippen molar-refractivity contribution in [1.29, 1.82) is 0 Å². The van der Waals surface area contributed by atoms with E-state index in [1.54, 1.807) is 6.20 Å². The number of pyridine rings is 1. The average molecular weight is 264 g/mol. The van der Waals surface area contributed by atoms with Gasteiger partial charge in [-0.15, -0.1) is 0 Å². The van der Waals surface area contributed by atoms with Crippen LogP contribution in [0.15, 0.2) is 47.1 Å². The molecule has 0 saturated heterocycles. The second-order valence-electron chi connectivity index (χ2n) is 3.21. The van der Waals surface area contributed by atoms with Gasteiger partial charge in [0.1, 0.15) is 5.75 Å². The van der Waals surface area contributed by atoms with Crippen LogP contribution in [0.4, 0.5) is 0 Å². The smallest absolute Gasteiger partial charge is 0.233 e. The molecule has 76 valence electrons. The van der Waals surface area contributed by atoms with Crippen LogP contribution < -0.4 is 4.74 Å². The van der Waals surface area contributed by atoms with Crippen LogP contribution in [0.3, 0.4) is 0 Å². The zero-order chi connectivity index (χ0) is 10.7. The van der Waals surface area contributed by atoms with Gasteiger partial charge >= 0.3 is 0 Å². The minimum absolute atomic E-state index is 0.590. The van der Waals surface area contributed by atoms with E-state index in [2.05, 4.69) is 20.9 Å². The van der Waals surface area contributed by atoms with Crippen LogP contribution in [0.1, 0.15) is 5.56 Å². The number of para-hydroxylation sites is 1. The molecule has 0 aliphatic heterocycles. The van der Waals surface area contributed by atoms with Crippen LogP contribution in [0.25, 0.3) is 0 Å². The fraction of sp³-hybridized carbons (Fsp3) is 0.0833. The molecule has 1 aromatic carbocycles. The molecule has 0 atom stereocenters. The van der Waals surface area contributed by atoms with Crippen molar-refractivity contribution in [2.24, 2.45) is 0 Å². The first kappa shape index (κ1) is 10.2. The Bertz CT molecular complexity index is 456. The van der Waals surface area contributed by atoms with Gasteiger partial charge in [-0.05, 0) is 46.6 Å². The third kappa shape index (κ3) is 2.57. The number of benzene rings is 1. The number of rotatable bonds is 2. The summed E-state index contributed by atoms with van der Waals surface area (Å²) in [6, 6.07) is 11.6. The van der Waals surface area contributed by atoms with E-state index in [1.807, 2.05) is 43.3 Å². The quantitative estimate of drug-likeness (QED) is 0.819. The molecule has 1 heterocycles. The Labute approximate surface area is 97.1 Å². The van der Waals surface area contributed by atoms with Gasteiger partial charge in [0.05, 0.1) is 4.47 Å². The van der Waals surface area contributed by atoms with Gasteiger partial charge in [0.2, 0.25) is 5.88 Å². The monoisotopic (exact) mass is 263 g/mol. The van der Waals surface area contributed by atoms with E-state index in [0.29, 0.717) is 5.88 Å². The van der Waals surface area contributed by atoms with Crippen LogP contribution >= 0.6 is 15.9 Å². The van der Waals surface area contributed by atoms with Crippen LogP contribution in [0.2, 0.25) is 0 Å². The lowest BCUT2D eigenvalue weighted by molar-refractivity contribution is 0.459. The molecule has 0 amide bonds. The molecular formula is C12H10BrNO. The number of aromatic nitrogens is 1. The van der Waals surface area contributed by atoms with Gasteiger partial charge in [0.25, 0.3) is 0 Å². The number of aryl methyl sites for hydroxylation is 1. The first-order valence-corrected chi connectivity index (χ1v) is 5.40. The first-order valence-electron chi connectivity index (χ1n) is 4.61. The van der Waals surface area contributed by atoms with E-state index < -0.39 is 0 Å². The summed E-state index contributed by atoms with van der Waals surface area (Å²) in [7, 11) is 0. The Balaban J connectivity index is 2.25. The number of hydrogen-bond acceptors (Lipinski definition) is 2. The summed E-state index contributed by atoms with van der Waals surface area (Å²) in [6.07, 6.45) is 1.78. The van der Waals surface area contributed by atoms with Crippen molar-refractivity contribution in [2.45, 2.75) is 6.92 Å². The third-order valence-corrected chi connectivity index (χ3v) is 2.47. The summed E-state index contributed by atoms with van der Waals surface area (Å²) in [5.41, 5.74) is 1.10. The molecule has 0 bridgehead atoms. The highest BCUT2D eigenvalue weighted by molar-refractivity contribution is 9.10. The fourth-order valence-electron chi connectivity index (χ4n) is 1.20. The van der Waals surface area contributed by atoms with E-state index in [1.165, 1.54) is 0 Å². The van der Waals surface area contributed by atoms with Crippen LogP contribution in [0, 0.1) is 6.92 Å². The average Bonchev–Trinajstić information content (AvgIpc) is 2.24. The molecule has 0 aliphatic carbocycles. The van der Waals surface area contributed by atoms with Crippen molar-refractivity contribution in [3.8, 4) is 11.6 Å². The largest absolute Gasteiger partial charge is 0.438 e. The van der Waals surface area contributed by atoms with E-state index in [0.717, 1.165) is 15.8 Å². The Kier molecular flexibility index (Phi) is 3.02. The number of hydrogen-bond donors (Lipinski definition) is 0. The van der Waals surface area contributed by atoms with Gasteiger partial charge in [-0.1, -0.05) is 18.2 Å². The summed E-state index contributed by atoms with van der Waals surface area (Å²) in [5, 5.41) is 0. The van der Waals surface area contributed by atoms with E-state index in [4.69, 9.17) is 4.74 Å². The molecule has 0 spiro atoms. The SMILES string of the molecule is Cc1cnc(Oc2ccccc2)c(Br)c1. The number of halogens is 1. The molecule has 2 aromatic rings. The Morgan fingerprint density at radius 1 is 1.20 bits per heavy atom. The molecule has 3 heteroatoms. The first-order chi connectivity index (χ1) is 7.25. The van der Waals surface area contributed by atoms with E-state index in [-0.39, 0.29) is 0 Å². The molecule has 0 aliphatic rings. The predicted octanol–water partition coefficient (Wildman–Crippen LogP) is 3.94. The Morgan fingerprint density at radius 2 is 1.93 bits per heavy atom. The Morgan fingerprint density at radius 3 is 2.60 bits per heavy atom. The lowest BCUT2D eigenvalue weighted by Gasteiger charge is -2.06. The minimum atomic E-state index is 0.590. The fourth-order valence-corrected chi connectivity index (χ4v) is 1.74. The van der Waals surface area contributed by atoms with Crippen LogP contribution in [-0.2, 0) is 0 Å². The molecule has 1 aromatic heterocycles. The maximum atomic E-state index is 5.61. The van der Waals surface area contributed by atoms with Gasteiger partial charge in [-0.2, -0.15) is 0 Å². The topological polar surface area (TPSA) is 22.1 Å². The van der Waals surface area contributed by atoms with Crippen molar-refractivity contribution in [2.75, 3.05) is 0 Å². The minimum Gasteiger partial charge on any atom is -0.438 e. The van der Waals surface area contributed by atoms with Gasteiger partial charge in [-0.3, -0.25) is 0 Å². The zero-order valence-corrected chi connectivity index (χ0v) is 9.86. The van der Waals surface area contributed by atoms with Crippen molar-refractivity contribution in [1.82, 2.24) is 4.98 Å². The highest BCUT2D eigenvalue weighted by Gasteiger charge is 2.03. The van der Waals surface area contributed by atoms with Crippen LogP contribution in [0.5, 0.6) is 11.6 Å². The number of ether oxygens (including phenoxy) is 1. The van der Waals surface area contributed by atoms with Gasteiger partial charge < -0.3 is 4.74 Å². The number of nitrogens with zero attached hydrogens (tertiary/aromatic N) is 1. The van der Waals surface area contributed by atoms with Crippen LogP contribution in [-0.4, -0.2) is 4.98 Å². The highest BCUT2D eigenvalue weighted by Crippen LogP contribution is 2.27. The lowest BCUT2D eigenvalue weighted by Crippen LogP contribution is -1.89. The maximum absolute atomic E-state index is 5.61. The molecule has 2 nitrogen and oxygen atoms in total. The normalized spacial score (nSPS) is 10.0. The summed E-state index contributed by atoms with van der Waals surface area (Å²) in [6.45, 7) is 1.99. The molecule has 0 N–H and O–H groups in total. The van der Waals surface area contributed by atoms with Crippen molar-refractivity contribution in [3.05, 3.63) is 52.6 Å². The van der Waals surface area contributed by atoms with Gasteiger partial charge in [0.15, 0.2) is 0 Å². The van der Waals surface area contributed by atoms with E-state index >= 15 is 0 Å². The third-order valence-electron chi connectivity index (χ3n) is 1.90. The molecule has 15 heavy (non-hydrogen) atoms. The second-order valence-corrected chi connectivity index (χ2v) is 4.07. The molecular weight excluding hydrogens is 254 g/mol. The van der Waals surface area contributed by atoms with Gasteiger partial charge in [-0.25, -0.2) is 4.98 Å². The predicted molar refractivity (Wildman–Crippen MR) is 63.2 cm³/mol. The summed E-state index contributed by atoms with van der Waals surface area (Å²) >= 11 is 3.42. The molecule has 2 rings (SSSR count). The standard InChI is InChI=1S/C12H10BrNO/c1-9-7-11(13)12(14-8-9)15-10-5-3-2-4-6-10/h2-8H,1H3. The molecule has 0 radical (unpaired) electrons. The second kappa shape index (κ2) is 4.45. The van der Waals surface area contributed by atoms with Crippen molar-refractivity contribution >= 4 is 15.9 Å². The summed E-state index contributed by atoms with van der Waals surface area (Å²) in [5.74, 6) is 1.38. The van der Waals surface area contributed by atoms with Gasteiger partial charge in [0, 0.05) is 6.20 Å². The summed E-state index contributed by atoms with van der Waals surface area (Å²) in [4.78, 5) is 4.20. The lowest BCUT2D eigenvalue weighted by atomic mass is 10.3. The molecule has 0 fully saturated rings. The van der Waals surface area contributed by atoms with Crippen molar-refractivity contribution < 1.29 is 4.74 Å². The molecule has 0 unspecified atom stereocenters. The van der Waals surface area contributed by atoms with E-state index in [9.17, 15) is 0 Å². The summed E-state index contributed by atoms with van der Waals surface area (Å²) < 4.78 is 6.47. The molecule has 0 saturated carbocycles. The van der Waals surface area contributed by atoms with Crippen molar-refractivity contribution in [3.63, 3.8) is 0 Å². The Hall–Kier alpha value is -1.35.